The third-order valence-electron chi connectivity index (χ3n) is 2.00. The third-order valence-corrected chi connectivity index (χ3v) is 2.44. The summed E-state index contributed by atoms with van der Waals surface area (Å²) in [7, 11) is 0. The highest BCUT2D eigenvalue weighted by atomic mass is 79.9. The van der Waals surface area contributed by atoms with Gasteiger partial charge in [0.2, 0.25) is 0 Å². The summed E-state index contributed by atoms with van der Waals surface area (Å²) in [5, 5.41) is 16.4. The number of halogens is 1. The molecule has 2 aromatic heterocycles. The van der Waals surface area contributed by atoms with Gasteiger partial charge in [0.1, 0.15) is 5.52 Å². The minimum atomic E-state index is -0.966. The Hall–Kier alpha value is -1.50. The molecule has 0 bridgehead atoms. The highest BCUT2D eigenvalue weighted by Gasteiger charge is 2.18. The molecule has 0 spiro atoms. The molecule has 7 heteroatoms. The fourth-order valence-electron chi connectivity index (χ4n) is 1.18. The number of hydrogen-bond donors (Lipinski definition) is 1. The SMILES string of the molecule is CC(C(=O)O)n1nnc2cc(Br)cnc21. The Morgan fingerprint density at radius 2 is 2.40 bits per heavy atom. The van der Waals surface area contributed by atoms with E-state index in [1.165, 1.54) is 11.6 Å². The molecule has 2 rings (SSSR count). The predicted molar refractivity (Wildman–Crippen MR) is 55.4 cm³/mol. The van der Waals surface area contributed by atoms with Gasteiger partial charge in [-0.15, -0.1) is 5.10 Å². The lowest BCUT2D eigenvalue weighted by Gasteiger charge is -2.05. The van der Waals surface area contributed by atoms with Crippen molar-refractivity contribution in [1.82, 2.24) is 20.0 Å². The lowest BCUT2D eigenvalue weighted by molar-refractivity contribution is -0.140. The topological polar surface area (TPSA) is 80.9 Å². The minimum Gasteiger partial charge on any atom is -0.480 e. The number of hydrogen-bond acceptors (Lipinski definition) is 4. The van der Waals surface area contributed by atoms with Crippen molar-refractivity contribution in [2.45, 2.75) is 13.0 Å². The van der Waals surface area contributed by atoms with Gasteiger partial charge in [-0.2, -0.15) is 0 Å². The molecule has 2 aromatic rings. The summed E-state index contributed by atoms with van der Waals surface area (Å²) in [5.41, 5.74) is 1.03. The van der Waals surface area contributed by atoms with Crippen LogP contribution in [0.3, 0.4) is 0 Å². The van der Waals surface area contributed by atoms with Crippen LogP contribution in [0.15, 0.2) is 16.7 Å². The largest absolute Gasteiger partial charge is 0.480 e. The molecule has 2 heterocycles. The van der Waals surface area contributed by atoms with Crippen molar-refractivity contribution in [3.63, 3.8) is 0 Å². The van der Waals surface area contributed by atoms with Crippen LogP contribution in [0.25, 0.3) is 11.2 Å². The van der Waals surface area contributed by atoms with E-state index in [4.69, 9.17) is 5.11 Å². The number of carboxylic acid groups (broad SMARTS) is 1. The van der Waals surface area contributed by atoms with Gasteiger partial charge in [0.25, 0.3) is 0 Å². The molecule has 78 valence electrons. The molecular formula is C8H7BrN4O2. The summed E-state index contributed by atoms with van der Waals surface area (Å²) in [6.07, 6.45) is 1.58. The first-order valence-corrected chi connectivity index (χ1v) is 4.98. The molecule has 0 saturated carbocycles. The van der Waals surface area contributed by atoms with Crippen LogP contribution in [0.1, 0.15) is 13.0 Å². The van der Waals surface area contributed by atoms with E-state index in [1.807, 2.05) is 0 Å². The third kappa shape index (κ3) is 1.70. The van der Waals surface area contributed by atoms with E-state index in [1.54, 1.807) is 12.3 Å². The van der Waals surface area contributed by atoms with Gasteiger partial charge in [-0.05, 0) is 28.9 Å². The first-order chi connectivity index (χ1) is 7.09. The molecule has 0 aliphatic heterocycles. The fraction of sp³-hybridized carbons (Fsp3) is 0.250. The number of fused-ring (bicyclic) bond motifs is 1. The summed E-state index contributed by atoms with van der Waals surface area (Å²) in [4.78, 5) is 14.9. The summed E-state index contributed by atoms with van der Waals surface area (Å²) >= 11 is 3.25. The molecule has 15 heavy (non-hydrogen) atoms. The zero-order chi connectivity index (χ0) is 11.0. The fourth-order valence-corrected chi connectivity index (χ4v) is 1.49. The van der Waals surface area contributed by atoms with Crippen molar-refractivity contribution < 1.29 is 9.90 Å². The lowest BCUT2D eigenvalue weighted by Crippen LogP contribution is -2.17. The van der Waals surface area contributed by atoms with E-state index in [2.05, 4.69) is 31.2 Å². The Kier molecular flexibility index (Phi) is 2.39. The standard InChI is InChI=1S/C8H7BrN4O2/c1-4(8(14)15)13-7-6(11-12-13)2-5(9)3-10-7/h2-4H,1H3,(H,14,15). The van der Waals surface area contributed by atoms with Gasteiger partial charge in [-0.1, -0.05) is 5.21 Å². The second-order valence-electron chi connectivity index (χ2n) is 3.04. The van der Waals surface area contributed by atoms with Gasteiger partial charge in [-0.25, -0.2) is 14.5 Å². The Bertz CT molecular complexity index is 524. The second-order valence-corrected chi connectivity index (χ2v) is 3.96. The van der Waals surface area contributed by atoms with E-state index in [0.29, 0.717) is 11.2 Å². The van der Waals surface area contributed by atoms with Gasteiger partial charge < -0.3 is 5.11 Å². The number of carbonyl (C=O) groups is 1. The van der Waals surface area contributed by atoms with Crippen molar-refractivity contribution in [2.75, 3.05) is 0 Å². The average Bonchev–Trinajstić information content (AvgIpc) is 2.59. The first-order valence-electron chi connectivity index (χ1n) is 4.19. The van der Waals surface area contributed by atoms with E-state index >= 15 is 0 Å². The Morgan fingerprint density at radius 3 is 3.07 bits per heavy atom. The number of aromatic nitrogens is 4. The van der Waals surface area contributed by atoms with E-state index < -0.39 is 12.0 Å². The van der Waals surface area contributed by atoms with E-state index in [9.17, 15) is 4.79 Å². The second kappa shape index (κ2) is 3.58. The number of nitrogens with zero attached hydrogens (tertiary/aromatic N) is 4. The van der Waals surface area contributed by atoms with Gasteiger partial charge in [0.15, 0.2) is 11.7 Å². The molecule has 0 aromatic carbocycles. The Labute approximate surface area is 93.0 Å². The molecule has 0 aliphatic rings. The molecule has 0 amide bonds. The summed E-state index contributed by atoms with van der Waals surface area (Å²) in [6, 6.07) is 0.962. The normalized spacial score (nSPS) is 12.9. The van der Waals surface area contributed by atoms with Gasteiger partial charge in [-0.3, -0.25) is 0 Å². The van der Waals surface area contributed by atoms with Crippen molar-refractivity contribution in [1.29, 1.82) is 0 Å². The van der Waals surface area contributed by atoms with Crippen LogP contribution in [0.4, 0.5) is 0 Å². The van der Waals surface area contributed by atoms with Crippen LogP contribution in [-0.4, -0.2) is 31.1 Å². The molecule has 6 nitrogen and oxygen atoms in total. The first kappa shape index (κ1) is 10.0. The predicted octanol–water partition coefficient (Wildman–Crippen LogP) is 1.23. The molecule has 1 N–H and O–H groups in total. The van der Waals surface area contributed by atoms with Crippen molar-refractivity contribution in [3.05, 3.63) is 16.7 Å². The Balaban J connectivity index is 2.59. The molecule has 0 aliphatic carbocycles. The van der Waals surface area contributed by atoms with Crippen LogP contribution in [0.5, 0.6) is 0 Å². The summed E-state index contributed by atoms with van der Waals surface area (Å²) in [5.74, 6) is -0.966. The maximum absolute atomic E-state index is 10.8. The zero-order valence-corrected chi connectivity index (χ0v) is 9.34. The maximum atomic E-state index is 10.8. The zero-order valence-electron chi connectivity index (χ0n) is 7.75. The summed E-state index contributed by atoms with van der Waals surface area (Å²) in [6.45, 7) is 1.53. The van der Waals surface area contributed by atoms with Crippen molar-refractivity contribution in [3.8, 4) is 0 Å². The number of aliphatic carboxylic acids is 1. The lowest BCUT2D eigenvalue weighted by atomic mass is 10.3. The van der Waals surface area contributed by atoms with E-state index in [0.717, 1.165) is 4.47 Å². The molecule has 0 saturated heterocycles. The van der Waals surface area contributed by atoms with Crippen LogP contribution in [0.2, 0.25) is 0 Å². The highest BCUT2D eigenvalue weighted by molar-refractivity contribution is 9.10. The molecule has 1 unspecified atom stereocenters. The number of carboxylic acids is 1. The van der Waals surface area contributed by atoms with Crippen LogP contribution in [0, 0.1) is 0 Å². The summed E-state index contributed by atoms with van der Waals surface area (Å²) < 4.78 is 2.06. The van der Waals surface area contributed by atoms with Gasteiger partial charge in [0, 0.05) is 10.7 Å². The molecular weight excluding hydrogens is 264 g/mol. The van der Waals surface area contributed by atoms with Gasteiger partial charge >= 0.3 is 5.97 Å². The average molecular weight is 271 g/mol. The Morgan fingerprint density at radius 1 is 1.67 bits per heavy atom. The molecule has 1 atom stereocenters. The van der Waals surface area contributed by atoms with Gasteiger partial charge in [0.05, 0.1) is 0 Å². The molecule has 0 fully saturated rings. The monoisotopic (exact) mass is 270 g/mol. The van der Waals surface area contributed by atoms with Crippen molar-refractivity contribution in [2.24, 2.45) is 0 Å². The van der Waals surface area contributed by atoms with Crippen LogP contribution in [-0.2, 0) is 4.79 Å². The van der Waals surface area contributed by atoms with Crippen LogP contribution < -0.4 is 0 Å². The van der Waals surface area contributed by atoms with Crippen molar-refractivity contribution >= 4 is 33.1 Å². The molecule has 0 radical (unpaired) electrons. The minimum absolute atomic E-state index is 0.466. The smallest absolute Gasteiger partial charge is 0.328 e. The quantitative estimate of drug-likeness (QED) is 0.888. The van der Waals surface area contributed by atoms with E-state index in [-0.39, 0.29) is 0 Å². The number of pyridine rings is 1. The number of rotatable bonds is 2. The maximum Gasteiger partial charge on any atom is 0.328 e. The van der Waals surface area contributed by atoms with Crippen LogP contribution >= 0.6 is 15.9 Å². The highest BCUT2D eigenvalue weighted by Crippen LogP contribution is 2.17.